The highest BCUT2D eigenvalue weighted by Crippen LogP contribution is 2.42. The lowest BCUT2D eigenvalue weighted by atomic mass is 10.0. The van der Waals surface area contributed by atoms with Crippen molar-refractivity contribution >= 4 is 0 Å². The molecule has 0 unspecified atom stereocenters. The van der Waals surface area contributed by atoms with E-state index in [0.29, 0.717) is 0 Å². The molecule has 2 saturated heterocycles. The maximum absolute atomic E-state index is 5.80. The zero-order valence-corrected chi connectivity index (χ0v) is 8.21. The van der Waals surface area contributed by atoms with Gasteiger partial charge >= 0.3 is 0 Å². The molecule has 2 heterocycles. The standard InChI is InChI=1S/C10H16O3/c1-4-10-6-5-8(11-10)9(7(2)3)12-13-10/h8-9H,2,4-6H2,1,3H3/t8-,9-,10-/m0/s1. The number of ether oxygens (including phenoxy) is 1. The Labute approximate surface area is 78.6 Å². The second kappa shape index (κ2) is 3.08. The molecular weight excluding hydrogens is 168 g/mol. The monoisotopic (exact) mass is 184 g/mol. The third kappa shape index (κ3) is 1.41. The summed E-state index contributed by atoms with van der Waals surface area (Å²) in [6.45, 7) is 7.85. The first-order valence-electron chi connectivity index (χ1n) is 4.84. The molecule has 2 rings (SSSR count). The van der Waals surface area contributed by atoms with Gasteiger partial charge < -0.3 is 4.74 Å². The van der Waals surface area contributed by atoms with E-state index in [-0.39, 0.29) is 12.2 Å². The Morgan fingerprint density at radius 1 is 1.62 bits per heavy atom. The summed E-state index contributed by atoms with van der Waals surface area (Å²) in [7, 11) is 0. The fourth-order valence-corrected chi connectivity index (χ4v) is 1.95. The van der Waals surface area contributed by atoms with E-state index in [1.807, 2.05) is 13.8 Å². The van der Waals surface area contributed by atoms with Crippen molar-refractivity contribution in [1.82, 2.24) is 0 Å². The van der Waals surface area contributed by atoms with E-state index in [1.54, 1.807) is 0 Å². The molecule has 0 saturated carbocycles. The first kappa shape index (κ1) is 9.19. The van der Waals surface area contributed by atoms with Crippen LogP contribution in [0.4, 0.5) is 0 Å². The van der Waals surface area contributed by atoms with Crippen molar-refractivity contribution < 1.29 is 14.5 Å². The molecule has 74 valence electrons. The van der Waals surface area contributed by atoms with Gasteiger partial charge in [-0.2, -0.15) is 0 Å². The second-order valence-corrected chi connectivity index (χ2v) is 3.91. The van der Waals surface area contributed by atoms with Crippen LogP contribution in [0.2, 0.25) is 0 Å². The summed E-state index contributed by atoms with van der Waals surface area (Å²) in [6, 6.07) is 0. The summed E-state index contributed by atoms with van der Waals surface area (Å²) in [6.07, 6.45) is 2.84. The molecule has 0 aromatic carbocycles. The average molecular weight is 184 g/mol. The second-order valence-electron chi connectivity index (χ2n) is 3.91. The van der Waals surface area contributed by atoms with Gasteiger partial charge in [-0.3, -0.25) is 0 Å². The van der Waals surface area contributed by atoms with Gasteiger partial charge in [0, 0.05) is 12.8 Å². The van der Waals surface area contributed by atoms with Crippen LogP contribution in [0.1, 0.15) is 33.1 Å². The topological polar surface area (TPSA) is 27.7 Å². The van der Waals surface area contributed by atoms with Gasteiger partial charge in [-0.15, -0.1) is 0 Å². The summed E-state index contributed by atoms with van der Waals surface area (Å²) >= 11 is 0. The van der Waals surface area contributed by atoms with E-state index in [2.05, 4.69) is 6.58 Å². The van der Waals surface area contributed by atoms with Crippen molar-refractivity contribution in [2.45, 2.75) is 51.1 Å². The van der Waals surface area contributed by atoms with Crippen LogP contribution in [-0.4, -0.2) is 18.0 Å². The smallest absolute Gasteiger partial charge is 0.201 e. The Morgan fingerprint density at radius 2 is 2.38 bits per heavy atom. The van der Waals surface area contributed by atoms with E-state index >= 15 is 0 Å². The van der Waals surface area contributed by atoms with Crippen LogP contribution in [0.5, 0.6) is 0 Å². The van der Waals surface area contributed by atoms with E-state index < -0.39 is 5.79 Å². The number of hydrogen-bond acceptors (Lipinski definition) is 3. The van der Waals surface area contributed by atoms with Crippen molar-refractivity contribution in [3.05, 3.63) is 12.2 Å². The zero-order chi connectivity index (χ0) is 9.47. The van der Waals surface area contributed by atoms with Crippen molar-refractivity contribution in [2.75, 3.05) is 0 Å². The van der Waals surface area contributed by atoms with Gasteiger partial charge in [0.15, 0.2) is 0 Å². The summed E-state index contributed by atoms with van der Waals surface area (Å²) in [5.41, 5.74) is 0.969. The third-order valence-corrected chi connectivity index (χ3v) is 2.84. The average Bonchev–Trinajstić information content (AvgIpc) is 2.45. The van der Waals surface area contributed by atoms with Gasteiger partial charge in [0.2, 0.25) is 5.79 Å². The lowest BCUT2D eigenvalue weighted by Crippen LogP contribution is -2.43. The molecule has 2 aliphatic heterocycles. The molecule has 2 aliphatic rings. The maximum atomic E-state index is 5.80. The van der Waals surface area contributed by atoms with Crippen molar-refractivity contribution in [2.24, 2.45) is 0 Å². The summed E-state index contributed by atoms with van der Waals surface area (Å²) in [5, 5.41) is 0. The first-order chi connectivity index (χ1) is 6.17. The highest BCUT2D eigenvalue weighted by atomic mass is 17.2. The molecule has 0 aromatic rings. The summed E-state index contributed by atoms with van der Waals surface area (Å²) in [4.78, 5) is 10.6. The predicted molar refractivity (Wildman–Crippen MR) is 47.9 cm³/mol. The fraction of sp³-hybridized carbons (Fsp3) is 0.800. The Morgan fingerprint density at radius 3 is 3.00 bits per heavy atom. The van der Waals surface area contributed by atoms with Gasteiger partial charge in [0.1, 0.15) is 6.10 Å². The van der Waals surface area contributed by atoms with Crippen LogP contribution in [-0.2, 0) is 14.5 Å². The van der Waals surface area contributed by atoms with Crippen LogP contribution in [0.15, 0.2) is 12.2 Å². The fourth-order valence-electron chi connectivity index (χ4n) is 1.95. The van der Waals surface area contributed by atoms with Crippen molar-refractivity contribution in [3.8, 4) is 0 Å². The Kier molecular flexibility index (Phi) is 2.18. The molecule has 13 heavy (non-hydrogen) atoms. The normalized spacial score (nSPS) is 43.5. The molecule has 2 bridgehead atoms. The van der Waals surface area contributed by atoms with Crippen molar-refractivity contribution in [1.29, 1.82) is 0 Å². The molecule has 2 fully saturated rings. The molecule has 3 heteroatoms. The van der Waals surface area contributed by atoms with Crippen LogP contribution in [0.3, 0.4) is 0 Å². The zero-order valence-electron chi connectivity index (χ0n) is 8.21. The van der Waals surface area contributed by atoms with Gasteiger partial charge in [-0.25, -0.2) is 9.78 Å². The lowest BCUT2D eigenvalue weighted by Gasteiger charge is -2.35. The highest BCUT2D eigenvalue weighted by molar-refractivity contribution is 5.04. The minimum absolute atomic E-state index is 0.0813. The Balaban J connectivity index is 2.10. The first-order valence-corrected chi connectivity index (χ1v) is 4.84. The number of hydrogen-bond donors (Lipinski definition) is 0. The van der Waals surface area contributed by atoms with Gasteiger partial charge in [0.25, 0.3) is 0 Å². The molecular formula is C10H16O3. The van der Waals surface area contributed by atoms with Gasteiger partial charge in [-0.05, 0) is 18.9 Å². The molecule has 0 amide bonds. The van der Waals surface area contributed by atoms with Crippen LogP contribution < -0.4 is 0 Å². The van der Waals surface area contributed by atoms with Gasteiger partial charge in [-0.1, -0.05) is 13.5 Å². The van der Waals surface area contributed by atoms with E-state index in [9.17, 15) is 0 Å². The third-order valence-electron chi connectivity index (χ3n) is 2.84. The van der Waals surface area contributed by atoms with E-state index in [0.717, 1.165) is 24.8 Å². The molecule has 0 spiro atoms. The molecule has 0 aromatic heterocycles. The lowest BCUT2D eigenvalue weighted by molar-refractivity contribution is -0.478. The number of rotatable bonds is 2. The largest absolute Gasteiger partial charge is 0.341 e. The molecule has 0 radical (unpaired) electrons. The minimum Gasteiger partial charge on any atom is -0.341 e. The van der Waals surface area contributed by atoms with Crippen molar-refractivity contribution in [3.63, 3.8) is 0 Å². The molecule has 3 nitrogen and oxygen atoms in total. The maximum Gasteiger partial charge on any atom is 0.201 e. The quantitative estimate of drug-likeness (QED) is 0.486. The van der Waals surface area contributed by atoms with Gasteiger partial charge in [0.05, 0.1) is 6.10 Å². The SMILES string of the molecule is C=C(C)[C@@H]1OO[C@@]2(CC)CC[C@@H]1O2. The van der Waals surface area contributed by atoms with Crippen LogP contribution in [0.25, 0.3) is 0 Å². The Hall–Kier alpha value is -0.380. The highest BCUT2D eigenvalue weighted by Gasteiger charge is 2.49. The predicted octanol–water partition coefficient (Wildman–Crippen LogP) is 2.18. The number of fused-ring (bicyclic) bond motifs is 2. The van der Waals surface area contributed by atoms with E-state index in [4.69, 9.17) is 14.5 Å². The van der Waals surface area contributed by atoms with Crippen LogP contribution >= 0.6 is 0 Å². The molecule has 0 aliphatic carbocycles. The minimum atomic E-state index is -0.462. The van der Waals surface area contributed by atoms with E-state index in [1.165, 1.54) is 0 Å². The Bertz CT molecular complexity index is 226. The molecule has 3 atom stereocenters. The molecule has 0 N–H and O–H groups in total. The summed E-state index contributed by atoms with van der Waals surface area (Å²) in [5.74, 6) is -0.462. The summed E-state index contributed by atoms with van der Waals surface area (Å²) < 4.78 is 5.80. The van der Waals surface area contributed by atoms with Crippen LogP contribution in [0, 0.1) is 0 Å².